The molecule has 0 atom stereocenters. The van der Waals surface area contributed by atoms with Crippen LogP contribution in [0, 0.1) is 0 Å². The lowest BCUT2D eigenvalue weighted by Gasteiger charge is -1.98. The summed E-state index contributed by atoms with van der Waals surface area (Å²) in [5, 5.41) is 0. The monoisotopic (exact) mass is 113 g/mol. The molecular weight excluding hydrogens is 110 g/mol. The van der Waals surface area contributed by atoms with Gasteiger partial charge in [0.25, 0.3) is 0 Å². The molecule has 32 valence electrons. The van der Waals surface area contributed by atoms with Gasteiger partial charge in [-0.1, -0.05) is 0 Å². The van der Waals surface area contributed by atoms with E-state index >= 15 is 0 Å². The largest absolute Gasteiger partial charge is 0.424 e. The Hall–Kier alpha value is 0.580. The van der Waals surface area contributed by atoms with Gasteiger partial charge in [-0.25, -0.2) is 0 Å². The van der Waals surface area contributed by atoms with Crippen molar-refractivity contribution in [3.05, 3.63) is 0 Å². The first kappa shape index (κ1) is 5.58. The van der Waals surface area contributed by atoms with Crippen LogP contribution < -0.4 is 0 Å². The maximum atomic E-state index is 9.24. The van der Waals surface area contributed by atoms with Gasteiger partial charge in [-0.05, 0) is 0 Å². The third-order valence-corrected chi connectivity index (χ3v) is 0. The van der Waals surface area contributed by atoms with Crippen LogP contribution in [0.3, 0.4) is 0 Å². The summed E-state index contributed by atoms with van der Waals surface area (Å²) in [6.07, 6.45) is 0. The molecule has 0 aliphatic carbocycles. The topological polar surface area (TPSA) is 57.5 Å². The Morgan fingerprint density at radius 2 is 1.60 bits per heavy atom. The van der Waals surface area contributed by atoms with Gasteiger partial charge >= 0.3 is 0 Å². The fraction of sp³-hybridized carbons (Fsp3) is 0. The molecule has 0 aliphatic rings. The van der Waals surface area contributed by atoms with Crippen molar-refractivity contribution in [1.29, 1.82) is 0 Å². The predicted octanol–water partition coefficient (Wildman–Crippen LogP) is 0.222. The highest BCUT2D eigenvalue weighted by Crippen LogP contribution is 2.43. The standard InChI is InChI=1S/H3O3P2/c1-5(2,3)4/h4H,(H2,1,2,3)/q-1. The van der Waals surface area contributed by atoms with Gasteiger partial charge < -0.3 is 18.7 Å². The zero-order valence-electron chi connectivity index (χ0n) is 2.25. The number of hydrogen-bond acceptors (Lipinski definition) is 1. The molecule has 0 aromatic rings. The Labute approximate surface area is 31.7 Å². The van der Waals surface area contributed by atoms with E-state index in [1.165, 1.54) is 0 Å². The van der Waals surface area contributed by atoms with E-state index in [4.69, 9.17) is 9.79 Å². The maximum absolute atomic E-state index is 9.24. The molecule has 5 heteroatoms. The van der Waals surface area contributed by atoms with Gasteiger partial charge in [0.1, 0.15) is 0 Å². The average molecular weight is 113 g/mol. The molecule has 5 heavy (non-hydrogen) atoms. The van der Waals surface area contributed by atoms with Crippen LogP contribution in [-0.2, 0) is 4.57 Å². The first-order valence-electron chi connectivity index (χ1n) is 0.806. The van der Waals surface area contributed by atoms with Crippen LogP contribution in [0.1, 0.15) is 0 Å². The SMILES string of the molecule is O=P(O)(O)[PH-]. The third kappa shape index (κ3) is 90.6. The Morgan fingerprint density at radius 1 is 1.60 bits per heavy atom. The quantitative estimate of drug-likeness (QED) is 0.442. The molecule has 0 amide bonds. The molecule has 0 rings (SSSR count). The van der Waals surface area contributed by atoms with E-state index in [-0.39, 0.29) is 0 Å². The summed E-state index contributed by atoms with van der Waals surface area (Å²) < 4.78 is 9.24. The van der Waals surface area contributed by atoms with Crippen LogP contribution in [0.4, 0.5) is 0 Å². The molecule has 0 spiro atoms. The summed E-state index contributed by atoms with van der Waals surface area (Å²) in [5.41, 5.74) is 0. The van der Waals surface area contributed by atoms with Gasteiger partial charge in [-0.3, -0.25) is 4.57 Å². The maximum Gasteiger partial charge on any atom is 0.171 e. The molecule has 2 N–H and O–H groups in total. The van der Waals surface area contributed by atoms with Gasteiger partial charge in [-0.15, -0.1) is 0 Å². The number of rotatable bonds is 0. The zero-order valence-corrected chi connectivity index (χ0v) is 4.14. The Morgan fingerprint density at radius 3 is 1.60 bits per heavy atom. The van der Waals surface area contributed by atoms with Crippen LogP contribution in [0.2, 0.25) is 0 Å². The first-order valence-corrected chi connectivity index (χ1v) is 3.76. The molecule has 0 saturated carbocycles. The van der Waals surface area contributed by atoms with Crippen LogP contribution in [0.25, 0.3) is 0 Å². The average Bonchev–Trinajstić information content (AvgIpc) is 0.722. The minimum Gasteiger partial charge on any atom is -0.424 e. The van der Waals surface area contributed by atoms with Gasteiger partial charge in [-0.2, -0.15) is 0 Å². The number of hydrogen-bond donors (Lipinski definition) is 2. The van der Waals surface area contributed by atoms with Gasteiger partial charge in [0.2, 0.25) is 0 Å². The normalized spacial score (nSPS) is 11.8. The van der Waals surface area contributed by atoms with Gasteiger partial charge in [0, 0.05) is 0 Å². The molecule has 3 nitrogen and oxygen atoms in total. The lowest BCUT2D eigenvalue weighted by molar-refractivity contribution is 0.397. The van der Waals surface area contributed by atoms with E-state index < -0.39 is 7.28 Å². The summed E-state index contributed by atoms with van der Waals surface area (Å²) >= 11 is 0. The summed E-state index contributed by atoms with van der Waals surface area (Å²) in [7, 11) is -1.75. The van der Waals surface area contributed by atoms with Crippen molar-refractivity contribution < 1.29 is 14.4 Å². The fourth-order valence-corrected chi connectivity index (χ4v) is 0. The van der Waals surface area contributed by atoms with E-state index in [1.54, 1.807) is 0 Å². The van der Waals surface area contributed by atoms with Crippen molar-refractivity contribution in [1.82, 2.24) is 0 Å². The Bertz CT molecular complexity index is 51.0. The van der Waals surface area contributed by atoms with Crippen molar-refractivity contribution in [2.45, 2.75) is 0 Å². The van der Waals surface area contributed by atoms with Crippen molar-refractivity contribution >= 4 is 16.2 Å². The highest BCUT2D eigenvalue weighted by Gasteiger charge is 1.80. The van der Waals surface area contributed by atoms with Crippen LogP contribution in [0.5, 0.6) is 0 Å². The summed E-state index contributed by atoms with van der Waals surface area (Å²) in [6.45, 7) is 0. The molecule has 0 aromatic carbocycles. The summed E-state index contributed by atoms with van der Waals surface area (Å²) in [5.74, 6) is 0. The molecule has 0 saturated heterocycles. The van der Waals surface area contributed by atoms with Gasteiger partial charge in [0.15, 0.2) is 7.28 Å². The minimum atomic E-state index is -3.83. The molecule has 0 fully saturated rings. The second-order valence-electron chi connectivity index (χ2n) is 0.544. The van der Waals surface area contributed by atoms with E-state index in [9.17, 15) is 4.57 Å². The van der Waals surface area contributed by atoms with Crippen molar-refractivity contribution in [2.24, 2.45) is 0 Å². The molecule has 0 aliphatic heterocycles. The van der Waals surface area contributed by atoms with E-state index in [1.807, 2.05) is 0 Å². The highest BCUT2D eigenvalue weighted by atomic mass is 32.1. The molecule has 0 unspecified atom stereocenters. The van der Waals surface area contributed by atoms with Crippen molar-refractivity contribution in [3.8, 4) is 0 Å². The van der Waals surface area contributed by atoms with E-state index in [0.717, 1.165) is 0 Å². The van der Waals surface area contributed by atoms with Crippen molar-refractivity contribution in [2.75, 3.05) is 0 Å². The second-order valence-corrected chi connectivity index (χ2v) is 3.38. The molecule has 0 heterocycles. The fourth-order valence-electron chi connectivity index (χ4n) is 0. The van der Waals surface area contributed by atoms with Crippen LogP contribution >= 0.6 is 16.2 Å². The second kappa shape index (κ2) is 1.36. The summed E-state index contributed by atoms with van der Waals surface area (Å²) in [6, 6.07) is 0. The first-order chi connectivity index (χ1) is 2.00. The van der Waals surface area contributed by atoms with Crippen molar-refractivity contribution in [3.63, 3.8) is 0 Å². The minimum absolute atomic E-state index is 2.09. The summed E-state index contributed by atoms with van der Waals surface area (Å²) in [4.78, 5) is 15.1. The van der Waals surface area contributed by atoms with E-state index in [2.05, 4.69) is 8.93 Å². The smallest absolute Gasteiger partial charge is 0.171 e. The molecular formula is H3O3P2-. The van der Waals surface area contributed by atoms with Crippen LogP contribution in [-0.4, -0.2) is 9.79 Å². The highest BCUT2D eigenvalue weighted by molar-refractivity contribution is 8.11. The predicted molar refractivity (Wildman–Crippen MR) is 20.4 cm³/mol. The van der Waals surface area contributed by atoms with E-state index in [0.29, 0.717) is 0 Å². The lowest BCUT2D eigenvalue weighted by Crippen LogP contribution is -1.53. The van der Waals surface area contributed by atoms with Gasteiger partial charge in [0.05, 0.1) is 0 Å². The Balaban J connectivity index is 3.47. The lowest BCUT2D eigenvalue weighted by atomic mass is 15.8. The Kier molecular flexibility index (Phi) is 1.51. The molecule has 0 radical (unpaired) electrons. The van der Waals surface area contributed by atoms with Crippen LogP contribution in [0.15, 0.2) is 0 Å². The molecule has 0 bridgehead atoms. The molecule has 0 aromatic heterocycles. The third-order valence-electron chi connectivity index (χ3n) is 0. The zero-order chi connectivity index (χ0) is 4.50.